The molecule has 1 aliphatic rings. The minimum atomic E-state index is 0.427. The molecule has 106 valence electrons. The molecule has 1 heterocycles. The number of hydrogen-bond acceptors (Lipinski definition) is 2. The molecule has 1 aromatic heterocycles. The number of halogens is 1. The van der Waals surface area contributed by atoms with Crippen molar-refractivity contribution in [1.82, 2.24) is 15.5 Å². The van der Waals surface area contributed by atoms with Crippen LogP contribution in [0.15, 0.2) is 28.7 Å². The lowest BCUT2D eigenvalue weighted by Crippen LogP contribution is -2.23. The van der Waals surface area contributed by atoms with Gasteiger partial charge in [-0.3, -0.25) is 5.10 Å². The van der Waals surface area contributed by atoms with Gasteiger partial charge in [0.25, 0.3) is 0 Å². The zero-order valence-corrected chi connectivity index (χ0v) is 13.5. The fraction of sp³-hybridized carbons (Fsp3) is 0.438. The topological polar surface area (TPSA) is 40.7 Å². The molecular weight excluding hydrogens is 314 g/mol. The lowest BCUT2D eigenvalue weighted by Gasteiger charge is -2.18. The minimum absolute atomic E-state index is 0.427. The number of H-pyrrole nitrogens is 1. The SMILES string of the molecule is CCc1cc(CN[C@H]2c3cc(Br)ccc3C[C@H]2C)[nH]n1. The van der Waals surface area contributed by atoms with E-state index >= 15 is 0 Å². The number of nitrogens with one attached hydrogen (secondary N) is 2. The summed E-state index contributed by atoms with van der Waals surface area (Å²) in [6.07, 6.45) is 2.13. The highest BCUT2D eigenvalue weighted by atomic mass is 79.9. The number of aryl methyl sites for hydroxylation is 1. The van der Waals surface area contributed by atoms with Gasteiger partial charge in [0.05, 0.1) is 5.69 Å². The molecule has 2 aromatic rings. The quantitative estimate of drug-likeness (QED) is 0.894. The highest BCUT2D eigenvalue weighted by Crippen LogP contribution is 2.37. The lowest BCUT2D eigenvalue weighted by molar-refractivity contribution is 0.413. The number of nitrogens with zero attached hydrogens (tertiary/aromatic N) is 1. The molecular formula is C16H20BrN3. The van der Waals surface area contributed by atoms with Gasteiger partial charge in [0.1, 0.15) is 0 Å². The molecule has 1 aliphatic carbocycles. The summed E-state index contributed by atoms with van der Waals surface area (Å²) in [5.74, 6) is 0.632. The zero-order chi connectivity index (χ0) is 14.1. The number of aromatic amines is 1. The Hall–Kier alpha value is -1.13. The second-order valence-corrected chi connectivity index (χ2v) is 6.54. The molecule has 0 aliphatic heterocycles. The number of fused-ring (bicyclic) bond motifs is 1. The van der Waals surface area contributed by atoms with E-state index in [-0.39, 0.29) is 0 Å². The van der Waals surface area contributed by atoms with E-state index in [0.29, 0.717) is 12.0 Å². The zero-order valence-electron chi connectivity index (χ0n) is 11.9. The van der Waals surface area contributed by atoms with E-state index in [1.165, 1.54) is 11.1 Å². The summed E-state index contributed by atoms with van der Waals surface area (Å²) in [4.78, 5) is 0. The Balaban J connectivity index is 1.73. The standard InChI is InChI=1S/C16H20BrN3/c1-3-13-8-14(20-19-13)9-18-16-10(2)6-11-4-5-12(17)7-15(11)16/h4-5,7-8,10,16,18H,3,6,9H2,1-2H3,(H,19,20)/t10-,16-/m1/s1. The van der Waals surface area contributed by atoms with Gasteiger partial charge < -0.3 is 5.32 Å². The number of hydrogen-bond donors (Lipinski definition) is 2. The third-order valence-corrected chi connectivity index (χ3v) is 4.61. The summed E-state index contributed by atoms with van der Waals surface area (Å²) in [6, 6.07) is 9.20. The Morgan fingerprint density at radius 1 is 1.40 bits per heavy atom. The van der Waals surface area contributed by atoms with Gasteiger partial charge in [0.2, 0.25) is 0 Å². The summed E-state index contributed by atoms with van der Waals surface area (Å²) in [6.45, 7) is 5.28. The van der Waals surface area contributed by atoms with Crippen LogP contribution in [0.3, 0.4) is 0 Å². The van der Waals surface area contributed by atoms with Crippen LogP contribution in [0.2, 0.25) is 0 Å². The molecule has 2 N–H and O–H groups in total. The van der Waals surface area contributed by atoms with Crippen molar-refractivity contribution in [2.45, 2.75) is 39.3 Å². The fourth-order valence-electron chi connectivity index (χ4n) is 3.02. The molecule has 3 rings (SSSR count). The van der Waals surface area contributed by atoms with E-state index in [2.05, 4.69) is 69.6 Å². The van der Waals surface area contributed by atoms with Crippen molar-refractivity contribution in [1.29, 1.82) is 0 Å². The summed E-state index contributed by atoms with van der Waals surface area (Å²) in [5.41, 5.74) is 5.20. The Morgan fingerprint density at radius 3 is 3.00 bits per heavy atom. The van der Waals surface area contributed by atoms with E-state index in [1.54, 1.807) is 0 Å². The van der Waals surface area contributed by atoms with Crippen molar-refractivity contribution in [3.8, 4) is 0 Å². The summed E-state index contributed by atoms with van der Waals surface area (Å²) < 4.78 is 1.16. The maximum absolute atomic E-state index is 4.28. The molecule has 4 heteroatoms. The Morgan fingerprint density at radius 2 is 2.25 bits per heavy atom. The van der Waals surface area contributed by atoms with E-state index < -0.39 is 0 Å². The third-order valence-electron chi connectivity index (χ3n) is 4.11. The van der Waals surface area contributed by atoms with E-state index in [4.69, 9.17) is 0 Å². The van der Waals surface area contributed by atoms with Crippen LogP contribution in [0, 0.1) is 5.92 Å². The summed E-state index contributed by atoms with van der Waals surface area (Å²) in [5, 5.41) is 11.1. The maximum Gasteiger partial charge on any atom is 0.0622 e. The average molecular weight is 334 g/mol. The molecule has 20 heavy (non-hydrogen) atoms. The molecule has 0 unspecified atom stereocenters. The van der Waals surface area contributed by atoms with Crippen LogP contribution < -0.4 is 5.32 Å². The highest BCUT2D eigenvalue weighted by Gasteiger charge is 2.28. The van der Waals surface area contributed by atoms with Gasteiger partial charge in [-0.05, 0) is 48.1 Å². The molecule has 0 saturated heterocycles. The van der Waals surface area contributed by atoms with Crippen molar-refractivity contribution in [3.63, 3.8) is 0 Å². The van der Waals surface area contributed by atoms with Gasteiger partial charge in [0, 0.05) is 22.8 Å². The van der Waals surface area contributed by atoms with Crippen LogP contribution in [-0.2, 0) is 19.4 Å². The fourth-order valence-corrected chi connectivity index (χ4v) is 3.40. The second-order valence-electron chi connectivity index (χ2n) is 5.62. The highest BCUT2D eigenvalue weighted by molar-refractivity contribution is 9.10. The van der Waals surface area contributed by atoms with Crippen molar-refractivity contribution in [2.75, 3.05) is 0 Å². The van der Waals surface area contributed by atoms with E-state index in [1.807, 2.05) is 0 Å². The van der Waals surface area contributed by atoms with Crippen molar-refractivity contribution < 1.29 is 0 Å². The molecule has 0 fully saturated rings. The van der Waals surface area contributed by atoms with Crippen LogP contribution >= 0.6 is 15.9 Å². The third kappa shape index (κ3) is 2.67. The molecule has 0 amide bonds. The van der Waals surface area contributed by atoms with Gasteiger partial charge >= 0.3 is 0 Å². The van der Waals surface area contributed by atoms with Crippen molar-refractivity contribution in [3.05, 3.63) is 51.3 Å². The molecule has 0 spiro atoms. The first-order valence-electron chi connectivity index (χ1n) is 7.22. The maximum atomic E-state index is 4.28. The molecule has 1 aromatic carbocycles. The Bertz CT molecular complexity index is 606. The van der Waals surface area contributed by atoms with Crippen LogP contribution in [0.1, 0.15) is 42.4 Å². The average Bonchev–Trinajstić information content (AvgIpc) is 3.00. The Kier molecular flexibility index (Phi) is 3.94. The van der Waals surface area contributed by atoms with Gasteiger partial charge in [-0.25, -0.2) is 0 Å². The smallest absolute Gasteiger partial charge is 0.0622 e. The van der Waals surface area contributed by atoms with Crippen LogP contribution in [0.5, 0.6) is 0 Å². The first-order valence-corrected chi connectivity index (χ1v) is 8.01. The normalized spacial score (nSPS) is 21.1. The molecule has 2 atom stereocenters. The summed E-state index contributed by atoms with van der Waals surface area (Å²) >= 11 is 3.58. The molecule has 3 nitrogen and oxygen atoms in total. The number of rotatable bonds is 4. The van der Waals surface area contributed by atoms with Gasteiger partial charge in [-0.1, -0.05) is 35.8 Å². The number of benzene rings is 1. The number of aromatic nitrogens is 2. The van der Waals surface area contributed by atoms with Gasteiger partial charge in [0.15, 0.2) is 0 Å². The van der Waals surface area contributed by atoms with Gasteiger partial charge in [-0.15, -0.1) is 0 Å². The first kappa shape index (κ1) is 13.8. The second kappa shape index (κ2) is 5.70. The predicted molar refractivity (Wildman–Crippen MR) is 84.6 cm³/mol. The predicted octanol–water partition coefficient (Wildman–Crippen LogP) is 3.76. The first-order chi connectivity index (χ1) is 9.67. The molecule has 0 radical (unpaired) electrons. The largest absolute Gasteiger partial charge is 0.304 e. The molecule has 0 bridgehead atoms. The molecule has 0 saturated carbocycles. The van der Waals surface area contributed by atoms with E-state index in [0.717, 1.165) is 35.2 Å². The van der Waals surface area contributed by atoms with Crippen LogP contribution in [0.25, 0.3) is 0 Å². The van der Waals surface area contributed by atoms with Gasteiger partial charge in [-0.2, -0.15) is 5.10 Å². The lowest BCUT2D eigenvalue weighted by atomic mass is 10.0. The monoisotopic (exact) mass is 333 g/mol. The summed E-state index contributed by atoms with van der Waals surface area (Å²) in [7, 11) is 0. The minimum Gasteiger partial charge on any atom is -0.304 e. The van der Waals surface area contributed by atoms with Crippen molar-refractivity contribution in [2.24, 2.45) is 5.92 Å². The Labute approximate surface area is 128 Å². The van der Waals surface area contributed by atoms with Crippen LogP contribution in [0.4, 0.5) is 0 Å². The van der Waals surface area contributed by atoms with E-state index in [9.17, 15) is 0 Å². The van der Waals surface area contributed by atoms with Crippen LogP contribution in [-0.4, -0.2) is 10.2 Å². The van der Waals surface area contributed by atoms with Crippen molar-refractivity contribution >= 4 is 15.9 Å².